The van der Waals surface area contributed by atoms with Crippen LogP contribution in [0.15, 0.2) is 53.4 Å². The van der Waals surface area contributed by atoms with Crippen LogP contribution in [0.4, 0.5) is 11.4 Å². The third kappa shape index (κ3) is 4.28. The number of fused-ring (bicyclic) bond motifs is 1. The minimum Gasteiger partial charge on any atom is -0.320 e. The smallest absolute Gasteiger partial charge is 0.265 e. The number of hydrogen-bond acceptors (Lipinski definition) is 5. The standard InChI is InChI=1S/C19H20N2O3S3/c1-4-21(27(3,23)24)14-9-10-16-13(11-14)12-18(26-16)19(22)20-15-7-5-6-8-17(15)25-2/h5-12H,4H2,1-3H3,(H,20,22). The normalized spacial score (nSPS) is 11.5. The van der Waals surface area contributed by atoms with Gasteiger partial charge < -0.3 is 5.32 Å². The van der Waals surface area contributed by atoms with E-state index < -0.39 is 10.0 Å². The highest BCUT2D eigenvalue weighted by Crippen LogP contribution is 2.31. The summed E-state index contributed by atoms with van der Waals surface area (Å²) in [4.78, 5) is 14.3. The van der Waals surface area contributed by atoms with Crippen LogP contribution in [0.3, 0.4) is 0 Å². The molecule has 3 rings (SSSR count). The number of thioether (sulfide) groups is 1. The van der Waals surface area contributed by atoms with E-state index >= 15 is 0 Å². The number of benzene rings is 2. The number of hydrogen-bond donors (Lipinski definition) is 1. The number of anilines is 2. The first-order valence-electron chi connectivity index (χ1n) is 8.29. The highest BCUT2D eigenvalue weighted by molar-refractivity contribution is 7.98. The molecule has 0 atom stereocenters. The number of para-hydroxylation sites is 1. The maximum absolute atomic E-state index is 12.7. The summed E-state index contributed by atoms with van der Waals surface area (Å²) >= 11 is 2.96. The highest BCUT2D eigenvalue weighted by atomic mass is 32.2. The van der Waals surface area contributed by atoms with Crippen molar-refractivity contribution in [2.45, 2.75) is 11.8 Å². The van der Waals surface area contributed by atoms with Crippen molar-refractivity contribution in [2.75, 3.05) is 28.7 Å². The molecule has 0 spiro atoms. The van der Waals surface area contributed by atoms with E-state index in [1.165, 1.54) is 21.9 Å². The Balaban J connectivity index is 1.91. The average molecular weight is 421 g/mol. The van der Waals surface area contributed by atoms with Gasteiger partial charge >= 0.3 is 0 Å². The first-order valence-corrected chi connectivity index (χ1v) is 12.2. The van der Waals surface area contributed by atoms with Crippen LogP contribution in [0.2, 0.25) is 0 Å². The van der Waals surface area contributed by atoms with Gasteiger partial charge in [0.05, 0.1) is 22.5 Å². The van der Waals surface area contributed by atoms with Gasteiger partial charge in [-0.25, -0.2) is 8.42 Å². The summed E-state index contributed by atoms with van der Waals surface area (Å²) in [5, 5.41) is 3.81. The van der Waals surface area contributed by atoms with Crippen LogP contribution in [-0.4, -0.2) is 33.4 Å². The number of thiophene rings is 1. The van der Waals surface area contributed by atoms with Gasteiger partial charge in [0.2, 0.25) is 10.0 Å². The van der Waals surface area contributed by atoms with Crippen LogP contribution in [0.25, 0.3) is 10.1 Å². The maximum atomic E-state index is 12.7. The number of carbonyl (C=O) groups is 1. The van der Waals surface area contributed by atoms with Crippen molar-refractivity contribution in [2.24, 2.45) is 0 Å². The Morgan fingerprint density at radius 2 is 1.93 bits per heavy atom. The van der Waals surface area contributed by atoms with Gasteiger partial charge in [-0.15, -0.1) is 23.1 Å². The molecular weight excluding hydrogens is 400 g/mol. The molecule has 5 nitrogen and oxygen atoms in total. The summed E-state index contributed by atoms with van der Waals surface area (Å²) in [6, 6.07) is 14.9. The van der Waals surface area contributed by atoms with Crippen molar-refractivity contribution in [1.82, 2.24) is 0 Å². The van der Waals surface area contributed by atoms with Gasteiger partial charge in [0.15, 0.2) is 0 Å². The lowest BCUT2D eigenvalue weighted by Gasteiger charge is -2.20. The van der Waals surface area contributed by atoms with Crippen LogP contribution in [0.5, 0.6) is 0 Å². The molecule has 0 unspecified atom stereocenters. The van der Waals surface area contributed by atoms with E-state index in [4.69, 9.17) is 0 Å². The van der Waals surface area contributed by atoms with E-state index in [1.54, 1.807) is 30.8 Å². The Bertz CT molecular complexity index is 1090. The van der Waals surface area contributed by atoms with E-state index in [2.05, 4.69) is 5.32 Å². The van der Waals surface area contributed by atoms with E-state index in [1.807, 2.05) is 42.7 Å². The van der Waals surface area contributed by atoms with Crippen LogP contribution in [-0.2, 0) is 10.0 Å². The van der Waals surface area contributed by atoms with Crippen molar-refractivity contribution >= 4 is 60.5 Å². The molecule has 0 radical (unpaired) electrons. The molecule has 27 heavy (non-hydrogen) atoms. The van der Waals surface area contributed by atoms with Crippen molar-refractivity contribution < 1.29 is 13.2 Å². The maximum Gasteiger partial charge on any atom is 0.265 e. The molecule has 0 aliphatic carbocycles. The van der Waals surface area contributed by atoms with Crippen molar-refractivity contribution in [3.8, 4) is 0 Å². The molecular formula is C19H20N2O3S3. The lowest BCUT2D eigenvalue weighted by Crippen LogP contribution is -2.29. The van der Waals surface area contributed by atoms with Crippen LogP contribution in [0.1, 0.15) is 16.6 Å². The summed E-state index contributed by atoms with van der Waals surface area (Å²) in [5.41, 5.74) is 1.38. The lowest BCUT2D eigenvalue weighted by molar-refractivity contribution is 0.103. The predicted molar refractivity (Wildman–Crippen MR) is 116 cm³/mol. The number of rotatable bonds is 6. The molecule has 0 aliphatic rings. The molecule has 8 heteroatoms. The van der Waals surface area contributed by atoms with E-state index in [0.717, 1.165) is 20.7 Å². The van der Waals surface area contributed by atoms with Gasteiger partial charge in [-0.1, -0.05) is 12.1 Å². The van der Waals surface area contributed by atoms with Crippen molar-refractivity contribution in [1.29, 1.82) is 0 Å². The van der Waals surface area contributed by atoms with Gasteiger partial charge in [0.25, 0.3) is 5.91 Å². The zero-order valence-corrected chi connectivity index (χ0v) is 17.7. The van der Waals surface area contributed by atoms with E-state index in [9.17, 15) is 13.2 Å². The summed E-state index contributed by atoms with van der Waals surface area (Å²) in [5.74, 6) is -0.172. The molecule has 0 saturated carbocycles. The van der Waals surface area contributed by atoms with Gasteiger partial charge in [0.1, 0.15) is 0 Å². The fraction of sp³-hybridized carbons (Fsp3) is 0.211. The molecule has 1 N–H and O–H groups in total. The number of nitrogens with one attached hydrogen (secondary N) is 1. The second kappa shape index (κ2) is 7.92. The fourth-order valence-electron chi connectivity index (χ4n) is 2.84. The summed E-state index contributed by atoms with van der Waals surface area (Å²) in [7, 11) is -3.34. The number of carbonyl (C=O) groups excluding carboxylic acids is 1. The summed E-state index contributed by atoms with van der Waals surface area (Å²) < 4.78 is 26.2. The Morgan fingerprint density at radius 1 is 1.19 bits per heavy atom. The fourth-order valence-corrected chi connectivity index (χ4v) is 5.30. The van der Waals surface area contributed by atoms with Gasteiger partial charge in [0, 0.05) is 16.1 Å². The molecule has 0 bridgehead atoms. The zero-order valence-electron chi connectivity index (χ0n) is 15.2. The first kappa shape index (κ1) is 19.7. The summed E-state index contributed by atoms with van der Waals surface area (Å²) in [6.07, 6.45) is 3.16. The topological polar surface area (TPSA) is 66.5 Å². The Morgan fingerprint density at radius 3 is 2.59 bits per heavy atom. The van der Waals surface area contributed by atoms with Crippen LogP contribution >= 0.6 is 23.1 Å². The second-order valence-corrected chi connectivity index (χ2v) is 9.75. The number of nitrogens with zero attached hydrogens (tertiary/aromatic N) is 1. The Kier molecular flexibility index (Phi) is 5.78. The van der Waals surface area contributed by atoms with E-state index in [0.29, 0.717) is 17.1 Å². The number of sulfonamides is 1. The third-order valence-corrected chi connectivity index (χ3v) is 7.23. The quantitative estimate of drug-likeness (QED) is 0.589. The summed E-state index contributed by atoms with van der Waals surface area (Å²) in [6.45, 7) is 2.15. The zero-order chi connectivity index (χ0) is 19.6. The minimum absolute atomic E-state index is 0.172. The Hall–Kier alpha value is -2.03. The molecule has 0 saturated heterocycles. The average Bonchev–Trinajstić information content (AvgIpc) is 3.05. The van der Waals surface area contributed by atoms with Gasteiger partial charge in [-0.05, 0) is 55.0 Å². The first-order chi connectivity index (χ1) is 12.8. The molecule has 1 amide bonds. The van der Waals surface area contributed by atoms with Crippen LogP contribution < -0.4 is 9.62 Å². The third-order valence-electron chi connectivity index (χ3n) is 4.05. The monoisotopic (exact) mass is 420 g/mol. The van der Waals surface area contributed by atoms with Crippen molar-refractivity contribution in [3.63, 3.8) is 0 Å². The largest absolute Gasteiger partial charge is 0.320 e. The minimum atomic E-state index is -3.34. The number of amides is 1. The highest BCUT2D eigenvalue weighted by Gasteiger charge is 2.17. The molecule has 1 heterocycles. The molecule has 3 aromatic rings. The molecule has 0 aliphatic heterocycles. The van der Waals surface area contributed by atoms with Gasteiger partial charge in [-0.2, -0.15) is 0 Å². The lowest BCUT2D eigenvalue weighted by atomic mass is 10.2. The second-order valence-electron chi connectivity index (χ2n) is 5.91. The Labute approximate surface area is 167 Å². The van der Waals surface area contributed by atoms with Crippen LogP contribution in [0, 0.1) is 0 Å². The van der Waals surface area contributed by atoms with Crippen molar-refractivity contribution in [3.05, 3.63) is 53.4 Å². The SMILES string of the molecule is CCN(c1ccc2sc(C(=O)Nc3ccccc3SC)cc2c1)S(C)(=O)=O. The van der Waals surface area contributed by atoms with Gasteiger partial charge in [-0.3, -0.25) is 9.10 Å². The predicted octanol–water partition coefficient (Wildman–Crippen LogP) is 4.66. The molecule has 1 aromatic heterocycles. The molecule has 2 aromatic carbocycles. The molecule has 0 fully saturated rings. The van der Waals surface area contributed by atoms with E-state index in [-0.39, 0.29) is 5.91 Å². The molecule has 142 valence electrons.